The molecule has 0 bridgehead atoms. The molecule has 27 heavy (non-hydrogen) atoms. The molecule has 2 rings (SSSR count). The molecule has 0 unspecified atom stereocenters. The second-order valence-corrected chi connectivity index (χ2v) is 7.94. The molecule has 0 fully saturated rings. The minimum atomic E-state index is -3.65. The van der Waals surface area contributed by atoms with E-state index in [4.69, 9.17) is 0 Å². The molecule has 0 saturated heterocycles. The van der Waals surface area contributed by atoms with Gasteiger partial charge in [0.2, 0.25) is 15.9 Å². The number of benzene rings is 2. The van der Waals surface area contributed by atoms with Gasteiger partial charge >= 0.3 is 5.97 Å². The highest BCUT2D eigenvalue weighted by atomic mass is 32.2. The number of carbonyl (C=O) groups excluding carboxylic acids is 2. The summed E-state index contributed by atoms with van der Waals surface area (Å²) < 4.78 is 31.1. The maximum Gasteiger partial charge on any atom is 0.306 e. The van der Waals surface area contributed by atoms with Crippen molar-refractivity contribution in [2.45, 2.75) is 24.3 Å². The van der Waals surface area contributed by atoms with Crippen LogP contribution in [-0.4, -0.2) is 38.8 Å². The number of ether oxygens (including phenoxy) is 1. The largest absolute Gasteiger partial charge is 0.469 e. The van der Waals surface area contributed by atoms with Crippen molar-refractivity contribution in [2.24, 2.45) is 0 Å². The summed E-state index contributed by atoms with van der Waals surface area (Å²) in [6.07, 6.45) is -0.0222. The molecule has 0 aliphatic heterocycles. The van der Waals surface area contributed by atoms with Gasteiger partial charge in [-0.05, 0) is 29.8 Å². The van der Waals surface area contributed by atoms with Gasteiger partial charge < -0.3 is 10.1 Å². The Bertz CT molecular complexity index is 880. The van der Waals surface area contributed by atoms with Gasteiger partial charge in [-0.1, -0.05) is 30.3 Å². The minimum Gasteiger partial charge on any atom is -0.469 e. The van der Waals surface area contributed by atoms with E-state index in [0.717, 1.165) is 5.56 Å². The lowest BCUT2D eigenvalue weighted by atomic mass is 10.2. The molecule has 8 heteroatoms. The predicted octanol–water partition coefficient (Wildman–Crippen LogP) is 2.40. The molecule has 1 amide bonds. The van der Waals surface area contributed by atoms with Gasteiger partial charge in [-0.3, -0.25) is 9.59 Å². The molecule has 0 spiro atoms. The molecular weight excluding hydrogens is 368 g/mol. The first-order chi connectivity index (χ1) is 12.8. The minimum absolute atomic E-state index is 0.00740. The highest BCUT2D eigenvalue weighted by Crippen LogP contribution is 2.19. The number of carbonyl (C=O) groups is 2. The van der Waals surface area contributed by atoms with Crippen LogP contribution in [0.3, 0.4) is 0 Å². The average Bonchev–Trinajstić information content (AvgIpc) is 2.67. The molecule has 0 saturated carbocycles. The summed E-state index contributed by atoms with van der Waals surface area (Å²) in [6.45, 7) is 0.259. The Balaban J connectivity index is 2.00. The topological polar surface area (TPSA) is 92.8 Å². The van der Waals surface area contributed by atoms with E-state index in [9.17, 15) is 18.0 Å². The van der Waals surface area contributed by atoms with Crippen LogP contribution in [0.5, 0.6) is 0 Å². The summed E-state index contributed by atoms with van der Waals surface area (Å²) in [5, 5.41) is 2.61. The van der Waals surface area contributed by atoms with Gasteiger partial charge in [-0.15, -0.1) is 0 Å². The fraction of sp³-hybridized carbons (Fsp3) is 0.263. The maximum atomic E-state index is 12.7. The van der Waals surface area contributed by atoms with E-state index in [0.29, 0.717) is 5.69 Å². The summed E-state index contributed by atoms with van der Waals surface area (Å²) in [5.74, 6) is -0.815. The van der Waals surface area contributed by atoms with Gasteiger partial charge in [0.05, 0.1) is 18.4 Å². The molecule has 0 radical (unpaired) electrons. The third kappa shape index (κ3) is 5.90. The third-order valence-electron chi connectivity index (χ3n) is 3.88. The van der Waals surface area contributed by atoms with Crippen molar-refractivity contribution in [3.05, 3.63) is 60.2 Å². The van der Waals surface area contributed by atoms with Crippen LogP contribution in [0.4, 0.5) is 5.69 Å². The molecule has 0 aromatic heterocycles. The first kappa shape index (κ1) is 20.6. The van der Waals surface area contributed by atoms with Gasteiger partial charge in [-0.25, -0.2) is 8.42 Å². The number of nitrogens with one attached hydrogen (secondary N) is 1. The monoisotopic (exact) mass is 390 g/mol. The Morgan fingerprint density at radius 1 is 1.00 bits per heavy atom. The maximum absolute atomic E-state index is 12.7. The van der Waals surface area contributed by atoms with E-state index < -0.39 is 16.0 Å². The average molecular weight is 390 g/mol. The predicted molar refractivity (Wildman–Crippen MR) is 101 cm³/mol. The Kier molecular flexibility index (Phi) is 7.09. The zero-order valence-electron chi connectivity index (χ0n) is 15.2. The van der Waals surface area contributed by atoms with Crippen molar-refractivity contribution in [1.29, 1.82) is 0 Å². The molecule has 144 valence electrons. The molecular formula is C19H22N2O5S. The lowest BCUT2D eigenvalue weighted by Crippen LogP contribution is -2.26. The zero-order chi connectivity index (χ0) is 19.9. The van der Waals surface area contributed by atoms with Crippen LogP contribution in [0.2, 0.25) is 0 Å². The standard InChI is InChI=1S/C19H22N2O5S/c1-21(14-15-6-4-3-5-7-15)27(24,25)17-10-8-16(9-11-17)20-18(22)12-13-19(23)26-2/h3-11H,12-14H2,1-2H3,(H,20,22). The molecule has 2 aromatic carbocycles. The smallest absolute Gasteiger partial charge is 0.306 e. The van der Waals surface area contributed by atoms with E-state index in [1.54, 1.807) is 0 Å². The van der Waals surface area contributed by atoms with Gasteiger partial charge in [0.1, 0.15) is 0 Å². The number of amides is 1. The number of anilines is 1. The van der Waals surface area contributed by atoms with Crippen LogP contribution in [0.15, 0.2) is 59.5 Å². The van der Waals surface area contributed by atoms with Crippen LogP contribution < -0.4 is 5.32 Å². The van der Waals surface area contributed by atoms with E-state index >= 15 is 0 Å². The summed E-state index contributed by atoms with van der Waals surface area (Å²) in [7, 11) is -0.871. The summed E-state index contributed by atoms with van der Waals surface area (Å²) in [6, 6.07) is 15.2. The van der Waals surface area contributed by atoms with Crippen LogP contribution in [0.25, 0.3) is 0 Å². The Morgan fingerprint density at radius 2 is 1.63 bits per heavy atom. The van der Waals surface area contributed by atoms with E-state index in [2.05, 4.69) is 10.1 Å². The molecule has 0 aliphatic carbocycles. The van der Waals surface area contributed by atoms with Crippen molar-refractivity contribution in [3.63, 3.8) is 0 Å². The number of nitrogens with zero attached hydrogens (tertiary/aromatic N) is 1. The van der Waals surface area contributed by atoms with Crippen molar-refractivity contribution in [3.8, 4) is 0 Å². The first-order valence-corrected chi connectivity index (χ1v) is 9.74. The first-order valence-electron chi connectivity index (χ1n) is 8.30. The quantitative estimate of drug-likeness (QED) is 0.699. The van der Waals surface area contributed by atoms with E-state index in [1.165, 1.54) is 42.7 Å². The van der Waals surface area contributed by atoms with Crippen LogP contribution >= 0.6 is 0 Å². The molecule has 2 aromatic rings. The Morgan fingerprint density at radius 3 is 2.22 bits per heavy atom. The molecule has 0 heterocycles. The van der Waals surface area contributed by atoms with Crippen molar-refractivity contribution in [2.75, 3.05) is 19.5 Å². The van der Waals surface area contributed by atoms with Crippen molar-refractivity contribution >= 4 is 27.6 Å². The Hall–Kier alpha value is -2.71. The van der Waals surface area contributed by atoms with Crippen LogP contribution in [0.1, 0.15) is 18.4 Å². The number of esters is 1. The van der Waals surface area contributed by atoms with Gasteiger partial charge in [-0.2, -0.15) is 4.31 Å². The molecule has 0 atom stereocenters. The number of hydrogen-bond acceptors (Lipinski definition) is 5. The van der Waals surface area contributed by atoms with E-state index in [-0.39, 0.29) is 30.2 Å². The van der Waals surface area contributed by atoms with E-state index in [1.807, 2.05) is 30.3 Å². The van der Waals surface area contributed by atoms with Gasteiger partial charge in [0, 0.05) is 25.7 Å². The summed E-state index contributed by atoms with van der Waals surface area (Å²) in [5.41, 5.74) is 1.34. The molecule has 7 nitrogen and oxygen atoms in total. The fourth-order valence-corrected chi connectivity index (χ4v) is 3.52. The number of methoxy groups -OCH3 is 1. The number of hydrogen-bond donors (Lipinski definition) is 1. The molecule has 1 N–H and O–H groups in total. The van der Waals surface area contributed by atoms with Gasteiger partial charge in [0.15, 0.2) is 0 Å². The lowest BCUT2D eigenvalue weighted by Gasteiger charge is -2.17. The number of sulfonamides is 1. The normalized spacial score (nSPS) is 11.2. The second-order valence-electron chi connectivity index (χ2n) is 5.90. The lowest BCUT2D eigenvalue weighted by molar-refractivity contribution is -0.141. The Labute approximate surface area is 159 Å². The van der Waals surface area contributed by atoms with Crippen molar-refractivity contribution in [1.82, 2.24) is 4.31 Å². The molecule has 0 aliphatic rings. The van der Waals surface area contributed by atoms with Crippen LogP contribution in [-0.2, 0) is 30.9 Å². The summed E-state index contributed by atoms with van der Waals surface area (Å²) in [4.78, 5) is 23.0. The highest BCUT2D eigenvalue weighted by molar-refractivity contribution is 7.89. The zero-order valence-corrected chi connectivity index (χ0v) is 16.0. The second kappa shape index (κ2) is 9.29. The fourth-order valence-electron chi connectivity index (χ4n) is 2.36. The highest BCUT2D eigenvalue weighted by Gasteiger charge is 2.20. The summed E-state index contributed by atoms with van der Waals surface area (Å²) >= 11 is 0. The third-order valence-corrected chi connectivity index (χ3v) is 5.70. The van der Waals surface area contributed by atoms with Gasteiger partial charge in [0.25, 0.3) is 0 Å². The number of rotatable bonds is 8. The van der Waals surface area contributed by atoms with Crippen molar-refractivity contribution < 1.29 is 22.7 Å². The SMILES string of the molecule is COC(=O)CCC(=O)Nc1ccc(S(=O)(=O)N(C)Cc2ccccc2)cc1. The van der Waals surface area contributed by atoms with Crippen LogP contribution in [0, 0.1) is 0 Å².